The Morgan fingerprint density at radius 3 is 2.41 bits per heavy atom. The summed E-state index contributed by atoms with van der Waals surface area (Å²) in [5.74, 6) is 0.416. The molecule has 0 aromatic rings. The summed E-state index contributed by atoms with van der Waals surface area (Å²) >= 11 is 0. The van der Waals surface area contributed by atoms with Crippen molar-refractivity contribution in [3.63, 3.8) is 0 Å². The van der Waals surface area contributed by atoms with Crippen LogP contribution in [-0.4, -0.2) is 24.8 Å². The lowest BCUT2D eigenvalue weighted by molar-refractivity contribution is -0.276. The van der Waals surface area contributed by atoms with Crippen LogP contribution < -0.4 is 0 Å². The highest BCUT2D eigenvalue weighted by molar-refractivity contribution is 5.87. The molecule has 3 heteroatoms. The number of Topliss-reactive ketones (excluding diaryl/α,β-unsaturated/α-hetero) is 1. The smallest absolute Gasteiger partial charge is 0.173 e. The molecule has 0 radical (unpaired) electrons. The van der Waals surface area contributed by atoms with Gasteiger partial charge in [0.25, 0.3) is 0 Å². The van der Waals surface area contributed by atoms with Crippen molar-refractivity contribution in [1.82, 2.24) is 0 Å². The average molecular weight is 238 g/mol. The quantitative estimate of drug-likeness (QED) is 0.650. The number of carbonyl (C=O) groups is 1. The topological polar surface area (TPSA) is 35.5 Å². The zero-order valence-electron chi connectivity index (χ0n) is 11.0. The Kier molecular flexibility index (Phi) is 2.28. The molecule has 1 saturated heterocycles. The average Bonchev–Trinajstić information content (AvgIpc) is 2.84. The molecule has 2 atom stereocenters. The molecular formula is C14H22O3. The third kappa shape index (κ3) is 1.27. The van der Waals surface area contributed by atoms with Gasteiger partial charge in [0.2, 0.25) is 0 Å². The predicted octanol–water partition coefficient (Wildman–Crippen LogP) is 2.53. The fraction of sp³-hybridized carbons (Fsp3) is 0.929. The van der Waals surface area contributed by atoms with E-state index in [-0.39, 0.29) is 10.8 Å². The van der Waals surface area contributed by atoms with Crippen LogP contribution in [0, 0.1) is 16.7 Å². The standard InChI is InChI=1S/C14H22O3/c1-12(2)10-4-5-11(15)13(10,3)6-7-14(12)16-8-9-17-14/h10H,4-9H2,1-3H3/t10-,13+/m1/s1. The molecule has 2 saturated carbocycles. The molecule has 2 aliphatic carbocycles. The van der Waals surface area contributed by atoms with Gasteiger partial charge in [0.05, 0.1) is 13.2 Å². The Morgan fingerprint density at radius 2 is 1.76 bits per heavy atom. The van der Waals surface area contributed by atoms with Gasteiger partial charge >= 0.3 is 0 Å². The number of ether oxygens (including phenoxy) is 2. The van der Waals surface area contributed by atoms with E-state index in [9.17, 15) is 4.79 Å². The van der Waals surface area contributed by atoms with Crippen LogP contribution in [0.2, 0.25) is 0 Å². The van der Waals surface area contributed by atoms with E-state index < -0.39 is 5.79 Å². The minimum atomic E-state index is -0.429. The lowest BCUT2D eigenvalue weighted by Crippen LogP contribution is -2.58. The molecular weight excluding hydrogens is 216 g/mol. The summed E-state index contributed by atoms with van der Waals surface area (Å²) in [7, 11) is 0. The van der Waals surface area contributed by atoms with Gasteiger partial charge in [0.15, 0.2) is 5.79 Å². The van der Waals surface area contributed by atoms with Crippen LogP contribution in [0.15, 0.2) is 0 Å². The maximum atomic E-state index is 12.1. The summed E-state index contributed by atoms with van der Waals surface area (Å²) in [6.45, 7) is 7.98. The van der Waals surface area contributed by atoms with E-state index in [4.69, 9.17) is 9.47 Å². The van der Waals surface area contributed by atoms with Crippen molar-refractivity contribution < 1.29 is 14.3 Å². The van der Waals surface area contributed by atoms with Gasteiger partial charge in [-0.3, -0.25) is 4.79 Å². The van der Waals surface area contributed by atoms with Crippen LogP contribution in [0.3, 0.4) is 0 Å². The van der Waals surface area contributed by atoms with E-state index in [1.54, 1.807) is 0 Å². The number of rotatable bonds is 0. The number of hydrogen-bond acceptors (Lipinski definition) is 3. The summed E-state index contributed by atoms with van der Waals surface area (Å²) in [4.78, 5) is 12.1. The lowest BCUT2D eigenvalue weighted by atomic mass is 9.55. The highest BCUT2D eigenvalue weighted by Gasteiger charge is 2.65. The molecule has 0 N–H and O–H groups in total. The van der Waals surface area contributed by atoms with Crippen molar-refractivity contribution in [1.29, 1.82) is 0 Å². The zero-order valence-corrected chi connectivity index (χ0v) is 11.0. The summed E-state index contributed by atoms with van der Waals surface area (Å²) in [5.41, 5.74) is -0.202. The molecule has 0 amide bonds. The van der Waals surface area contributed by atoms with Gasteiger partial charge in [-0.1, -0.05) is 20.8 Å². The summed E-state index contributed by atoms with van der Waals surface area (Å²) in [5, 5.41) is 0. The molecule has 3 fully saturated rings. The van der Waals surface area contributed by atoms with Gasteiger partial charge in [-0.2, -0.15) is 0 Å². The van der Waals surface area contributed by atoms with Crippen molar-refractivity contribution in [2.24, 2.45) is 16.7 Å². The van der Waals surface area contributed by atoms with Crippen molar-refractivity contribution >= 4 is 5.78 Å². The normalized spacial score (nSPS) is 43.0. The monoisotopic (exact) mass is 238 g/mol. The summed E-state index contributed by atoms with van der Waals surface area (Å²) < 4.78 is 11.9. The molecule has 1 aliphatic heterocycles. The van der Waals surface area contributed by atoms with Gasteiger partial charge in [0, 0.05) is 23.7 Å². The van der Waals surface area contributed by atoms with Gasteiger partial charge < -0.3 is 9.47 Å². The van der Waals surface area contributed by atoms with E-state index in [2.05, 4.69) is 20.8 Å². The third-order valence-corrected chi connectivity index (χ3v) is 5.65. The van der Waals surface area contributed by atoms with E-state index in [1.807, 2.05) is 0 Å². The van der Waals surface area contributed by atoms with Crippen LogP contribution in [0.5, 0.6) is 0 Å². The number of fused-ring (bicyclic) bond motifs is 1. The molecule has 1 heterocycles. The molecule has 1 spiro atoms. The maximum absolute atomic E-state index is 12.1. The molecule has 3 nitrogen and oxygen atoms in total. The minimum Gasteiger partial charge on any atom is -0.347 e. The first-order valence-electron chi connectivity index (χ1n) is 6.74. The fourth-order valence-corrected chi connectivity index (χ4v) is 4.53. The van der Waals surface area contributed by atoms with Gasteiger partial charge in [-0.25, -0.2) is 0 Å². The van der Waals surface area contributed by atoms with Crippen molar-refractivity contribution in [3.8, 4) is 0 Å². The molecule has 96 valence electrons. The SMILES string of the molecule is CC1(C)[C@H]2CCC(=O)[C@@]2(C)CCC12OCCO2. The number of hydrogen-bond donors (Lipinski definition) is 0. The summed E-state index contributed by atoms with van der Waals surface area (Å²) in [6.07, 6.45) is 3.51. The largest absolute Gasteiger partial charge is 0.347 e. The van der Waals surface area contributed by atoms with E-state index in [1.165, 1.54) is 0 Å². The first kappa shape index (κ1) is 11.7. The molecule has 3 aliphatic rings. The maximum Gasteiger partial charge on any atom is 0.173 e. The molecule has 3 rings (SSSR count). The van der Waals surface area contributed by atoms with Crippen LogP contribution in [0.1, 0.15) is 46.5 Å². The minimum absolute atomic E-state index is 0.0668. The molecule has 0 aromatic heterocycles. The second-order valence-corrected chi connectivity index (χ2v) is 6.60. The molecule has 0 aromatic carbocycles. The van der Waals surface area contributed by atoms with Crippen LogP contribution >= 0.6 is 0 Å². The molecule has 0 bridgehead atoms. The Balaban J connectivity index is 2.00. The van der Waals surface area contributed by atoms with E-state index >= 15 is 0 Å². The highest BCUT2D eigenvalue weighted by atomic mass is 16.7. The zero-order chi connectivity index (χ0) is 12.3. The molecule has 17 heavy (non-hydrogen) atoms. The van der Waals surface area contributed by atoms with Crippen LogP contribution in [-0.2, 0) is 14.3 Å². The first-order valence-corrected chi connectivity index (χ1v) is 6.74. The van der Waals surface area contributed by atoms with E-state index in [0.29, 0.717) is 24.9 Å². The Morgan fingerprint density at radius 1 is 1.12 bits per heavy atom. The number of ketones is 1. The Labute approximate surface area is 103 Å². The summed E-state index contributed by atoms with van der Waals surface area (Å²) in [6, 6.07) is 0. The van der Waals surface area contributed by atoms with Gasteiger partial charge in [-0.15, -0.1) is 0 Å². The van der Waals surface area contributed by atoms with Crippen molar-refractivity contribution in [2.45, 2.75) is 52.2 Å². The molecule has 0 unspecified atom stereocenters. The predicted molar refractivity (Wildman–Crippen MR) is 63.5 cm³/mol. The fourth-order valence-electron chi connectivity index (χ4n) is 4.53. The van der Waals surface area contributed by atoms with Gasteiger partial charge in [-0.05, 0) is 18.8 Å². The van der Waals surface area contributed by atoms with Crippen molar-refractivity contribution in [2.75, 3.05) is 13.2 Å². The highest BCUT2D eigenvalue weighted by Crippen LogP contribution is 2.63. The third-order valence-electron chi connectivity index (χ3n) is 5.65. The van der Waals surface area contributed by atoms with Crippen LogP contribution in [0.25, 0.3) is 0 Å². The Hall–Kier alpha value is -0.410. The lowest BCUT2D eigenvalue weighted by Gasteiger charge is -2.55. The Bertz CT molecular complexity index is 354. The second-order valence-electron chi connectivity index (χ2n) is 6.60. The van der Waals surface area contributed by atoms with E-state index in [0.717, 1.165) is 25.7 Å². The van der Waals surface area contributed by atoms with Gasteiger partial charge in [0.1, 0.15) is 5.78 Å². The van der Waals surface area contributed by atoms with Crippen LogP contribution in [0.4, 0.5) is 0 Å². The second kappa shape index (κ2) is 3.33. The van der Waals surface area contributed by atoms with Crippen molar-refractivity contribution in [3.05, 3.63) is 0 Å². The first-order chi connectivity index (χ1) is 7.92. The number of carbonyl (C=O) groups excluding carboxylic acids is 1.